The molecule has 0 aliphatic heterocycles. The molecule has 0 saturated carbocycles. The number of nitrogens with two attached hydrogens (primary N) is 2. The predicted molar refractivity (Wildman–Crippen MR) is 61.7 cm³/mol. The molecule has 1 rings (SSSR count). The first kappa shape index (κ1) is 10.5. The molecule has 4 heteroatoms. The molecular formula is C10H12N2OS. The monoisotopic (exact) mass is 208 g/mol. The fourth-order valence-electron chi connectivity index (χ4n) is 0.990. The molecule has 0 spiro atoms. The number of rotatable bonds is 2. The third-order valence-corrected chi connectivity index (χ3v) is 2.26. The number of phenols is 1. The van der Waals surface area contributed by atoms with E-state index in [-0.39, 0.29) is 10.7 Å². The Morgan fingerprint density at radius 1 is 1.21 bits per heavy atom. The maximum atomic E-state index is 9.08. The molecule has 74 valence electrons. The van der Waals surface area contributed by atoms with Gasteiger partial charge in [-0.15, -0.1) is 0 Å². The van der Waals surface area contributed by atoms with Gasteiger partial charge < -0.3 is 16.6 Å². The summed E-state index contributed by atoms with van der Waals surface area (Å²) in [5.74, 6) is 0.203. The van der Waals surface area contributed by atoms with Gasteiger partial charge in [-0.05, 0) is 36.8 Å². The van der Waals surface area contributed by atoms with Crippen molar-refractivity contribution in [2.24, 2.45) is 11.5 Å². The second kappa shape index (κ2) is 4.11. The molecule has 14 heavy (non-hydrogen) atoms. The summed E-state index contributed by atoms with van der Waals surface area (Å²) in [6.07, 6.45) is 0. The largest absolute Gasteiger partial charge is 0.508 e. The Kier molecular flexibility index (Phi) is 3.09. The van der Waals surface area contributed by atoms with Crippen LogP contribution in [0.15, 0.2) is 29.8 Å². The number of hydrogen-bond donors (Lipinski definition) is 3. The van der Waals surface area contributed by atoms with Gasteiger partial charge in [0.1, 0.15) is 10.7 Å². The topological polar surface area (TPSA) is 72.3 Å². The van der Waals surface area contributed by atoms with Crippen LogP contribution in [-0.4, -0.2) is 10.1 Å². The first-order valence-electron chi connectivity index (χ1n) is 4.08. The van der Waals surface area contributed by atoms with E-state index in [1.165, 1.54) is 0 Å². The number of thiocarbonyl (C=S) groups is 1. The first-order valence-corrected chi connectivity index (χ1v) is 4.48. The first-order chi connectivity index (χ1) is 6.52. The highest BCUT2D eigenvalue weighted by Crippen LogP contribution is 2.16. The highest BCUT2D eigenvalue weighted by Gasteiger charge is 2.03. The quantitative estimate of drug-likeness (QED) is 0.507. The van der Waals surface area contributed by atoms with Crippen LogP contribution in [0.5, 0.6) is 5.75 Å². The van der Waals surface area contributed by atoms with Crippen molar-refractivity contribution in [1.82, 2.24) is 0 Å². The van der Waals surface area contributed by atoms with Gasteiger partial charge in [0.15, 0.2) is 0 Å². The standard InChI is InChI=1S/C10H12N2OS/c1-6(10(12)14)9(11)7-2-4-8(13)5-3-7/h2-5,13H,11H2,1H3,(H2,12,14)/b9-6-. The maximum Gasteiger partial charge on any atom is 0.115 e. The van der Waals surface area contributed by atoms with Crippen LogP contribution in [0.4, 0.5) is 0 Å². The van der Waals surface area contributed by atoms with E-state index >= 15 is 0 Å². The van der Waals surface area contributed by atoms with E-state index in [2.05, 4.69) is 0 Å². The van der Waals surface area contributed by atoms with Gasteiger partial charge in [0.05, 0.1) is 0 Å². The highest BCUT2D eigenvalue weighted by atomic mass is 32.1. The second-order valence-corrected chi connectivity index (χ2v) is 3.39. The lowest BCUT2D eigenvalue weighted by Gasteiger charge is -2.06. The number of phenolic OH excluding ortho intramolecular Hbond substituents is 1. The average molecular weight is 208 g/mol. The van der Waals surface area contributed by atoms with Crippen molar-refractivity contribution in [3.05, 3.63) is 35.4 Å². The summed E-state index contributed by atoms with van der Waals surface area (Å²) < 4.78 is 0. The highest BCUT2D eigenvalue weighted by molar-refractivity contribution is 7.80. The molecule has 1 aromatic rings. The Morgan fingerprint density at radius 3 is 2.14 bits per heavy atom. The number of benzene rings is 1. The third-order valence-electron chi connectivity index (χ3n) is 1.95. The smallest absolute Gasteiger partial charge is 0.115 e. The molecule has 0 atom stereocenters. The van der Waals surface area contributed by atoms with Gasteiger partial charge in [0.2, 0.25) is 0 Å². The number of aromatic hydroxyl groups is 1. The molecule has 0 bridgehead atoms. The normalized spacial score (nSPS) is 12.1. The van der Waals surface area contributed by atoms with Gasteiger partial charge >= 0.3 is 0 Å². The Morgan fingerprint density at radius 2 is 1.71 bits per heavy atom. The lowest BCUT2D eigenvalue weighted by Crippen LogP contribution is -2.14. The molecule has 0 saturated heterocycles. The Hall–Kier alpha value is -1.55. The average Bonchev–Trinajstić information content (AvgIpc) is 2.16. The molecule has 1 aromatic carbocycles. The van der Waals surface area contributed by atoms with Crippen LogP contribution in [0.3, 0.4) is 0 Å². The minimum atomic E-state index is 0.203. The second-order valence-electron chi connectivity index (χ2n) is 2.95. The molecule has 0 fully saturated rings. The van der Waals surface area contributed by atoms with Crippen molar-refractivity contribution in [1.29, 1.82) is 0 Å². The summed E-state index contributed by atoms with van der Waals surface area (Å²) in [5.41, 5.74) is 13.3. The van der Waals surface area contributed by atoms with Crippen molar-refractivity contribution in [3.8, 4) is 5.75 Å². The fraction of sp³-hybridized carbons (Fsp3) is 0.100. The van der Waals surface area contributed by atoms with Gasteiger partial charge in [0.25, 0.3) is 0 Å². The van der Waals surface area contributed by atoms with E-state index < -0.39 is 0 Å². The number of hydrogen-bond acceptors (Lipinski definition) is 3. The molecule has 0 aromatic heterocycles. The molecular weight excluding hydrogens is 196 g/mol. The van der Waals surface area contributed by atoms with E-state index in [0.717, 1.165) is 5.56 Å². The Balaban J connectivity index is 3.12. The molecule has 0 aliphatic carbocycles. The molecule has 0 unspecified atom stereocenters. The van der Waals surface area contributed by atoms with Crippen LogP contribution < -0.4 is 11.5 Å². The van der Waals surface area contributed by atoms with Crippen molar-refractivity contribution in [2.45, 2.75) is 6.92 Å². The van der Waals surface area contributed by atoms with Crippen LogP contribution in [0.2, 0.25) is 0 Å². The van der Waals surface area contributed by atoms with E-state index in [4.69, 9.17) is 28.8 Å². The summed E-state index contributed by atoms with van der Waals surface area (Å²) in [4.78, 5) is 0.288. The summed E-state index contributed by atoms with van der Waals surface area (Å²) in [5, 5.41) is 9.08. The summed E-state index contributed by atoms with van der Waals surface area (Å²) in [7, 11) is 0. The predicted octanol–water partition coefficient (Wildman–Crippen LogP) is 1.37. The molecule has 0 aliphatic rings. The fourth-order valence-corrected chi connectivity index (χ4v) is 1.10. The van der Waals surface area contributed by atoms with Crippen molar-refractivity contribution >= 4 is 22.9 Å². The minimum absolute atomic E-state index is 0.203. The minimum Gasteiger partial charge on any atom is -0.508 e. The van der Waals surface area contributed by atoms with Crippen LogP contribution in [0.1, 0.15) is 12.5 Å². The van der Waals surface area contributed by atoms with Gasteiger partial charge in [-0.3, -0.25) is 0 Å². The SMILES string of the molecule is C/C(C(N)=S)=C(/N)c1ccc(O)cc1. The van der Waals surface area contributed by atoms with Crippen molar-refractivity contribution in [2.75, 3.05) is 0 Å². The van der Waals surface area contributed by atoms with E-state index in [1.807, 2.05) is 0 Å². The summed E-state index contributed by atoms with van der Waals surface area (Å²) >= 11 is 4.81. The maximum absolute atomic E-state index is 9.08. The van der Waals surface area contributed by atoms with E-state index in [0.29, 0.717) is 11.3 Å². The van der Waals surface area contributed by atoms with Gasteiger partial charge in [0, 0.05) is 11.3 Å². The summed E-state index contributed by atoms with van der Waals surface area (Å²) in [6, 6.07) is 6.56. The van der Waals surface area contributed by atoms with Crippen LogP contribution in [0.25, 0.3) is 5.70 Å². The molecule has 0 amide bonds. The molecule has 3 nitrogen and oxygen atoms in total. The zero-order valence-corrected chi connectivity index (χ0v) is 8.64. The molecule has 0 heterocycles. The van der Waals surface area contributed by atoms with E-state index in [9.17, 15) is 0 Å². The van der Waals surface area contributed by atoms with Crippen LogP contribution in [0, 0.1) is 0 Å². The zero-order valence-electron chi connectivity index (χ0n) is 7.82. The molecule has 0 radical (unpaired) electrons. The Bertz CT molecular complexity index is 382. The van der Waals surface area contributed by atoms with Crippen LogP contribution >= 0.6 is 12.2 Å². The summed E-state index contributed by atoms with van der Waals surface area (Å²) in [6.45, 7) is 1.77. The van der Waals surface area contributed by atoms with Crippen molar-refractivity contribution in [3.63, 3.8) is 0 Å². The van der Waals surface area contributed by atoms with Gasteiger partial charge in [-0.25, -0.2) is 0 Å². The van der Waals surface area contributed by atoms with Gasteiger partial charge in [-0.2, -0.15) is 0 Å². The Labute approximate surface area is 88.0 Å². The lowest BCUT2D eigenvalue weighted by molar-refractivity contribution is 0.475. The zero-order chi connectivity index (χ0) is 10.7. The van der Waals surface area contributed by atoms with Gasteiger partial charge in [-0.1, -0.05) is 12.2 Å². The lowest BCUT2D eigenvalue weighted by atomic mass is 10.1. The van der Waals surface area contributed by atoms with Crippen molar-refractivity contribution < 1.29 is 5.11 Å². The van der Waals surface area contributed by atoms with E-state index in [1.54, 1.807) is 31.2 Å². The third kappa shape index (κ3) is 2.23. The molecule has 5 N–H and O–H groups in total. The van der Waals surface area contributed by atoms with Crippen LogP contribution in [-0.2, 0) is 0 Å².